The van der Waals surface area contributed by atoms with Crippen molar-refractivity contribution >= 4 is 17.4 Å². The summed E-state index contributed by atoms with van der Waals surface area (Å²) in [5.41, 5.74) is 5.19. The van der Waals surface area contributed by atoms with Crippen LogP contribution < -0.4 is 4.90 Å². The highest BCUT2D eigenvalue weighted by Crippen LogP contribution is 2.41. The summed E-state index contributed by atoms with van der Waals surface area (Å²) in [5.74, 6) is 0. The van der Waals surface area contributed by atoms with Crippen molar-refractivity contribution in [2.24, 2.45) is 0 Å². The van der Waals surface area contributed by atoms with Crippen LogP contribution in [-0.4, -0.2) is 25.0 Å². The number of anilines is 1. The van der Waals surface area contributed by atoms with Crippen LogP contribution >= 0.6 is 11.8 Å². The summed E-state index contributed by atoms with van der Waals surface area (Å²) < 4.78 is 1.89. The Labute approximate surface area is 138 Å². The Hall–Kier alpha value is -2.54. The zero-order chi connectivity index (χ0) is 15.8. The van der Waals surface area contributed by atoms with Crippen molar-refractivity contribution in [3.05, 3.63) is 65.5 Å². The van der Waals surface area contributed by atoms with Gasteiger partial charge in [-0.25, -0.2) is 4.68 Å². The lowest BCUT2D eigenvalue weighted by molar-refractivity contribution is 0.870. The Kier molecular flexibility index (Phi) is 3.42. The van der Waals surface area contributed by atoms with Gasteiger partial charge in [0.15, 0.2) is 0 Å². The molecule has 0 aromatic carbocycles. The Morgan fingerprint density at radius 2 is 1.96 bits per heavy atom. The van der Waals surface area contributed by atoms with Crippen molar-refractivity contribution in [2.45, 2.75) is 19.2 Å². The van der Waals surface area contributed by atoms with Crippen LogP contribution in [0.1, 0.15) is 22.3 Å². The minimum absolute atomic E-state index is 0.187. The fraction of sp³-hybridized carbons (Fsp3) is 0.188. The van der Waals surface area contributed by atoms with Crippen LogP contribution in [0.25, 0.3) is 5.69 Å². The molecule has 1 aliphatic rings. The van der Waals surface area contributed by atoms with Gasteiger partial charge in [-0.1, -0.05) is 0 Å². The number of pyridine rings is 1. The average Bonchev–Trinajstić information content (AvgIpc) is 3.26. The molecule has 0 saturated carbocycles. The van der Waals surface area contributed by atoms with E-state index in [2.05, 4.69) is 36.8 Å². The molecule has 6 nitrogen and oxygen atoms in total. The third kappa shape index (κ3) is 2.63. The lowest BCUT2D eigenvalue weighted by Gasteiger charge is -2.21. The first-order valence-electron chi connectivity index (χ1n) is 7.30. The number of aryl methyl sites for hydroxylation is 2. The molecule has 0 fully saturated rings. The van der Waals surface area contributed by atoms with E-state index < -0.39 is 0 Å². The second kappa shape index (κ2) is 5.58. The van der Waals surface area contributed by atoms with Gasteiger partial charge in [-0.2, -0.15) is 10.2 Å². The molecular formula is C16H16N6S. The molecular weight excluding hydrogens is 308 g/mol. The predicted molar refractivity (Wildman–Crippen MR) is 91.4 cm³/mol. The number of nitrogens with zero attached hydrogens (tertiary/aromatic N) is 5. The summed E-state index contributed by atoms with van der Waals surface area (Å²) in [7, 11) is 0. The number of rotatable bonds is 3. The molecule has 7 heteroatoms. The van der Waals surface area contributed by atoms with Crippen molar-refractivity contribution in [2.75, 3.05) is 4.90 Å². The van der Waals surface area contributed by atoms with Crippen LogP contribution in [0.15, 0.2) is 48.5 Å². The van der Waals surface area contributed by atoms with Crippen LogP contribution in [-0.2, 0) is 0 Å². The number of hydrogen-bond acceptors (Lipinski definition) is 5. The molecule has 4 rings (SSSR count). The van der Waals surface area contributed by atoms with Crippen LogP contribution in [0.3, 0.4) is 0 Å². The first kappa shape index (κ1) is 14.1. The molecule has 3 aromatic heterocycles. The van der Waals surface area contributed by atoms with E-state index in [0.717, 1.165) is 28.3 Å². The second-order valence-corrected chi connectivity index (χ2v) is 6.45. The predicted octanol–water partition coefficient (Wildman–Crippen LogP) is 3.33. The number of hydrogen-bond donors (Lipinski definition) is 1. The Morgan fingerprint density at radius 1 is 1.13 bits per heavy atom. The van der Waals surface area contributed by atoms with E-state index in [1.54, 1.807) is 11.8 Å². The van der Waals surface area contributed by atoms with E-state index in [1.165, 1.54) is 0 Å². The molecule has 3 aromatic rings. The van der Waals surface area contributed by atoms with Crippen molar-refractivity contribution in [1.82, 2.24) is 25.0 Å². The van der Waals surface area contributed by atoms with Gasteiger partial charge in [-0.15, -0.1) is 11.8 Å². The molecule has 1 atom stereocenters. The zero-order valence-electron chi connectivity index (χ0n) is 12.8. The van der Waals surface area contributed by atoms with Crippen molar-refractivity contribution < 1.29 is 0 Å². The summed E-state index contributed by atoms with van der Waals surface area (Å²) in [5, 5.41) is 13.7. The van der Waals surface area contributed by atoms with E-state index in [9.17, 15) is 0 Å². The third-order valence-corrected chi connectivity index (χ3v) is 4.72. The van der Waals surface area contributed by atoms with E-state index >= 15 is 0 Å². The van der Waals surface area contributed by atoms with Gasteiger partial charge >= 0.3 is 0 Å². The molecule has 0 amide bonds. The number of H-pyrrole nitrogens is 1. The van der Waals surface area contributed by atoms with E-state index in [-0.39, 0.29) is 5.37 Å². The number of nitrogens with one attached hydrogen (secondary N) is 1. The van der Waals surface area contributed by atoms with Gasteiger partial charge in [0.1, 0.15) is 5.37 Å². The van der Waals surface area contributed by atoms with Gasteiger partial charge in [0.05, 0.1) is 30.0 Å². The van der Waals surface area contributed by atoms with Gasteiger partial charge in [-0.05, 0) is 31.4 Å². The number of aromatic amines is 1. The van der Waals surface area contributed by atoms with Gasteiger partial charge in [-0.3, -0.25) is 10.1 Å². The second-order valence-electron chi connectivity index (χ2n) is 5.46. The summed E-state index contributed by atoms with van der Waals surface area (Å²) in [4.78, 5) is 6.61. The SMILES string of the molecule is Cc1cc(-n2cc(N3C=CSC3c3cn[nH]c3)cn2)cc(C)n1. The normalized spacial score (nSPS) is 17.1. The van der Waals surface area contributed by atoms with E-state index in [4.69, 9.17) is 0 Å². The molecule has 1 N–H and O–H groups in total. The van der Waals surface area contributed by atoms with Gasteiger partial charge < -0.3 is 4.90 Å². The lowest BCUT2D eigenvalue weighted by atomic mass is 10.3. The standard InChI is InChI=1S/C16H16N6S/c1-11-5-14(6-12(2)20-11)22-10-15(9-19-22)21-3-4-23-16(21)13-7-17-18-8-13/h3-10,16H,1-2H3,(H,17,18). The molecule has 0 radical (unpaired) electrons. The maximum absolute atomic E-state index is 4.51. The van der Waals surface area contributed by atoms with Gasteiger partial charge in [0.25, 0.3) is 0 Å². The zero-order valence-corrected chi connectivity index (χ0v) is 13.7. The molecule has 4 heterocycles. The minimum atomic E-state index is 0.187. The molecule has 0 saturated heterocycles. The van der Waals surface area contributed by atoms with E-state index in [0.29, 0.717) is 0 Å². The summed E-state index contributed by atoms with van der Waals surface area (Å²) >= 11 is 1.75. The molecule has 116 valence electrons. The molecule has 23 heavy (non-hydrogen) atoms. The first-order chi connectivity index (χ1) is 11.2. The lowest BCUT2D eigenvalue weighted by Crippen LogP contribution is -2.15. The highest BCUT2D eigenvalue weighted by atomic mass is 32.2. The van der Waals surface area contributed by atoms with Crippen LogP contribution in [0.5, 0.6) is 0 Å². The smallest absolute Gasteiger partial charge is 0.112 e. The molecule has 1 aliphatic heterocycles. The van der Waals surface area contributed by atoms with Crippen LogP contribution in [0.2, 0.25) is 0 Å². The third-order valence-electron chi connectivity index (χ3n) is 3.68. The fourth-order valence-electron chi connectivity index (χ4n) is 2.71. The minimum Gasteiger partial charge on any atom is -0.328 e. The Morgan fingerprint density at radius 3 is 2.70 bits per heavy atom. The summed E-state index contributed by atoms with van der Waals surface area (Å²) in [6.07, 6.45) is 9.79. The number of aromatic nitrogens is 5. The van der Waals surface area contributed by atoms with Gasteiger partial charge in [0, 0.05) is 29.3 Å². The highest BCUT2D eigenvalue weighted by Gasteiger charge is 2.25. The first-order valence-corrected chi connectivity index (χ1v) is 8.24. The maximum atomic E-state index is 4.51. The van der Waals surface area contributed by atoms with Crippen LogP contribution in [0.4, 0.5) is 5.69 Å². The quantitative estimate of drug-likeness (QED) is 0.800. The average molecular weight is 324 g/mol. The topological polar surface area (TPSA) is 62.6 Å². The highest BCUT2D eigenvalue weighted by molar-refractivity contribution is 8.02. The van der Waals surface area contributed by atoms with Crippen molar-refractivity contribution in [1.29, 1.82) is 0 Å². The summed E-state index contributed by atoms with van der Waals surface area (Å²) in [6.45, 7) is 3.99. The molecule has 1 unspecified atom stereocenters. The van der Waals surface area contributed by atoms with Crippen LogP contribution in [0, 0.1) is 13.8 Å². The van der Waals surface area contributed by atoms with E-state index in [1.807, 2.05) is 55.4 Å². The molecule has 0 bridgehead atoms. The molecule has 0 spiro atoms. The van der Waals surface area contributed by atoms with Crippen molar-refractivity contribution in [3.63, 3.8) is 0 Å². The largest absolute Gasteiger partial charge is 0.328 e. The monoisotopic (exact) mass is 324 g/mol. The van der Waals surface area contributed by atoms with Gasteiger partial charge in [0.2, 0.25) is 0 Å². The Balaban J connectivity index is 1.66. The van der Waals surface area contributed by atoms with Crippen molar-refractivity contribution in [3.8, 4) is 5.69 Å². The molecule has 0 aliphatic carbocycles. The summed E-state index contributed by atoms with van der Waals surface area (Å²) in [6, 6.07) is 4.07. The number of thioether (sulfide) groups is 1. The maximum Gasteiger partial charge on any atom is 0.112 e. The Bertz CT molecular complexity index is 831. The fourth-order valence-corrected chi connectivity index (χ4v) is 3.67.